The molecule has 0 aromatic rings. The van der Waals surface area contributed by atoms with Gasteiger partial charge in [0, 0.05) is 12.0 Å². The summed E-state index contributed by atoms with van der Waals surface area (Å²) in [5, 5.41) is 7.60. The number of hydrogen-bond acceptors (Lipinski definition) is 2. The number of carboxylic acids is 1. The molecule has 0 aliphatic rings. The summed E-state index contributed by atoms with van der Waals surface area (Å²) in [6.07, 6.45) is 1.77. The van der Waals surface area contributed by atoms with Gasteiger partial charge in [0.1, 0.15) is 0 Å². The number of nitrogens with two attached hydrogens (primary N) is 1. The van der Waals surface area contributed by atoms with Gasteiger partial charge < -0.3 is 10.8 Å². The fourth-order valence-corrected chi connectivity index (χ4v) is 0.231. The van der Waals surface area contributed by atoms with E-state index in [1.807, 2.05) is 0 Å². The van der Waals surface area contributed by atoms with Crippen molar-refractivity contribution in [3.8, 4) is 0 Å². The van der Waals surface area contributed by atoms with Crippen LogP contribution < -0.4 is 5.73 Å². The Kier molecular flexibility index (Phi) is 13.7. The van der Waals surface area contributed by atoms with Crippen LogP contribution in [0.4, 0.5) is 0 Å². The summed E-state index contributed by atoms with van der Waals surface area (Å²) in [6, 6.07) is 0. The van der Waals surface area contributed by atoms with Crippen molar-refractivity contribution >= 4 is 17.6 Å². The lowest BCUT2D eigenvalue weighted by atomic mass is 10.5. The first-order chi connectivity index (χ1) is 4.68. The van der Waals surface area contributed by atoms with Crippen molar-refractivity contribution in [3.63, 3.8) is 0 Å². The number of carboxylic acid groups (broad SMARTS) is 1. The second-order valence-electron chi connectivity index (χ2n) is 1.37. The molecule has 0 saturated carbocycles. The van der Waals surface area contributed by atoms with E-state index in [0.717, 1.165) is 12.5 Å². The van der Waals surface area contributed by atoms with E-state index in [1.165, 1.54) is 0 Å². The molecule has 3 N–H and O–H groups in total. The maximum Gasteiger partial charge on any atom is 0.327 e. The Bertz CT molecular complexity index is 93.7. The van der Waals surface area contributed by atoms with Crippen molar-refractivity contribution in [2.24, 2.45) is 5.73 Å². The number of alkyl halides is 1. The normalized spacial score (nSPS) is 7.40. The van der Waals surface area contributed by atoms with Gasteiger partial charge in [0.15, 0.2) is 0 Å². The van der Waals surface area contributed by atoms with Crippen LogP contribution in [0.5, 0.6) is 0 Å². The van der Waals surface area contributed by atoms with Crippen molar-refractivity contribution in [1.29, 1.82) is 0 Å². The van der Waals surface area contributed by atoms with Crippen LogP contribution in [0.3, 0.4) is 0 Å². The van der Waals surface area contributed by atoms with Gasteiger partial charge >= 0.3 is 5.97 Å². The second-order valence-corrected chi connectivity index (χ2v) is 1.75. The monoisotopic (exact) mass is 165 g/mol. The van der Waals surface area contributed by atoms with Crippen molar-refractivity contribution in [1.82, 2.24) is 0 Å². The van der Waals surface area contributed by atoms with Crippen LogP contribution in [0.15, 0.2) is 12.7 Å². The van der Waals surface area contributed by atoms with Crippen LogP contribution in [0.25, 0.3) is 0 Å². The van der Waals surface area contributed by atoms with E-state index in [9.17, 15) is 4.79 Å². The van der Waals surface area contributed by atoms with Gasteiger partial charge in [-0.2, -0.15) is 0 Å². The maximum absolute atomic E-state index is 9.25. The topological polar surface area (TPSA) is 63.3 Å². The highest BCUT2D eigenvalue weighted by atomic mass is 35.5. The van der Waals surface area contributed by atoms with E-state index in [1.54, 1.807) is 0 Å². The zero-order valence-electron chi connectivity index (χ0n) is 5.72. The summed E-state index contributed by atoms with van der Waals surface area (Å²) in [6.45, 7) is 3.67. The third-order valence-corrected chi connectivity index (χ3v) is 0.780. The smallest absolute Gasteiger partial charge is 0.327 e. The molecule has 10 heavy (non-hydrogen) atoms. The van der Waals surface area contributed by atoms with E-state index in [0.29, 0.717) is 12.4 Å². The zero-order valence-corrected chi connectivity index (χ0v) is 6.47. The molecule has 0 bridgehead atoms. The quantitative estimate of drug-likeness (QED) is 0.481. The Morgan fingerprint density at radius 3 is 2.20 bits per heavy atom. The number of rotatable bonds is 3. The summed E-state index contributed by atoms with van der Waals surface area (Å²) in [5.74, 6) is -0.291. The second kappa shape index (κ2) is 11.3. The van der Waals surface area contributed by atoms with Gasteiger partial charge in [0.25, 0.3) is 0 Å². The Morgan fingerprint density at radius 1 is 1.80 bits per heavy atom. The average molecular weight is 166 g/mol. The Labute approximate surface area is 65.5 Å². The van der Waals surface area contributed by atoms with Crippen LogP contribution in [-0.2, 0) is 4.79 Å². The van der Waals surface area contributed by atoms with E-state index >= 15 is 0 Å². The summed E-state index contributed by atoms with van der Waals surface area (Å²) in [7, 11) is 0. The molecule has 0 spiro atoms. The van der Waals surface area contributed by atoms with Crippen molar-refractivity contribution in [2.75, 3.05) is 12.4 Å². The molecule has 60 valence electrons. The summed E-state index contributed by atoms with van der Waals surface area (Å²) in [4.78, 5) is 9.25. The van der Waals surface area contributed by atoms with Crippen molar-refractivity contribution in [2.45, 2.75) is 6.42 Å². The molecule has 0 unspecified atom stereocenters. The molecule has 0 radical (unpaired) electrons. The molecule has 0 atom stereocenters. The van der Waals surface area contributed by atoms with Crippen molar-refractivity contribution < 1.29 is 9.90 Å². The molecule has 0 aliphatic carbocycles. The minimum atomic E-state index is -0.981. The first-order valence-corrected chi connectivity index (χ1v) is 3.33. The Hall–Kier alpha value is -0.540. The Morgan fingerprint density at radius 2 is 2.20 bits per heavy atom. The largest absolute Gasteiger partial charge is 0.478 e. The SMILES string of the molecule is C=CC(=O)O.NCCCCl. The lowest BCUT2D eigenvalue weighted by molar-refractivity contribution is -0.131. The fraction of sp³-hybridized carbons (Fsp3) is 0.500. The molecule has 4 heteroatoms. The van der Waals surface area contributed by atoms with Crippen LogP contribution in [0, 0.1) is 0 Å². The van der Waals surface area contributed by atoms with Crippen molar-refractivity contribution in [3.05, 3.63) is 12.7 Å². The number of halogens is 1. The minimum absolute atomic E-state index is 0.691. The van der Waals surface area contributed by atoms with Crippen LogP contribution in [0.1, 0.15) is 6.42 Å². The summed E-state index contributed by atoms with van der Waals surface area (Å²) in [5.41, 5.74) is 5.05. The number of carbonyl (C=O) groups is 1. The van der Waals surface area contributed by atoms with Crippen LogP contribution in [0.2, 0.25) is 0 Å². The van der Waals surface area contributed by atoms with E-state index in [2.05, 4.69) is 6.58 Å². The highest BCUT2D eigenvalue weighted by Gasteiger charge is 1.73. The highest BCUT2D eigenvalue weighted by Crippen LogP contribution is 1.76. The van der Waals surface area contributed by atoms with Gasteiger partial charge in [-0.25, -0.2) is 4.79 Å². The van der Waals surface area contributed by atoms with E-state index in [-0.39, 0.29) is 0 Å². The van der Waals surface area contributed by atoms with E-state index in [4.69, 9.17) is 22.4 Å². The lowest BCUT2D eigenvalue weighted by Crippen LogP contribution is -1.97. The molecular weight excluding hydrogens is 154 g/mol. The molecule has 0 rings (SSSR count). The summed E-state index contributed by atoms with van der Waals surface area (Å²) >= 11 is 5.22. The van der Waals surface area contributed by atoms with Gasteiger partial charge in [0.05, 0.1) is 0 Å². The molecule has 0 heterocycles. The van der Waals surface area contributed by atoms with Gasteiger partial charge in [-0.15, -0.1) is 11.6 Å². The molecule has 3 nitrogen and oxygen atoms in total. The summed E-state index contributed by atoms with van der Waals surface area (Å²) < 4.78 is 0. The van der Waals surface area contributed by atoms with Crippen LogP contribution >= 0.6 is 11.6 Å². The third kappa shape index (κ3) is 26.0. The highest BCUT2D eigenvalue weighted by molar-refractivity contribution is 6.17. The maximum atomic E-state index is 9.25. The van der Waals surface area contributed by atoms with Gasteiger partial charge in [-0.3, -0.25) is 0 Å². The number of hydrogen-bond donors (Lipinski definition) is 2. The number of aliphatic carboxylic acids is 1. The predicted molar refractivity (Wildman–Crippen MR) is 42.2 cm³/mol. The molecule has 0 aromatic heterocycles. The fourth-order valence-electron chi connectivity index (χ4n) is 0.0772. The molecule has 0 amide bonds. The third-order valence-electron chi connectivity index (χ3n) is 0.512. The van der Waals surface area contributed by atoms with Gasteiger partial charge in [0.2, 0.25) is 0 Å². The molecule has 0 aliphatic heterocycles. The minimum Gasteiger partial charge on any atom is -0.478 e. The Balaban J connectivity index is 0. The molecule has 0 saturated heterocycles. The molecule has 0 fully saturated rings. The first-order valence-electron chi connectivity index (χ1n) is 2.80. The molecular formula is C6H12ClNO2. The van der Waals surface area contributed by atoms with E-state index < -0.39 is 5.97 Å². The zero-order chi connectivity index (χ0) is 8.41. The van der Waals surface area contributed by atoms with Gasteiger partial charge in [-0.05, 0) is 13.0 Å². The lowest BCUT2D eigenvalue weighted by Gasteiger charge is -1.78. The van der Waals surface area contributed by atoms with Gasteiger partial charge in [-0.1, -0.05) is 6.58 Å². The standard InChI is InChI=1S/C3H8ClN.C3H4O2/c4-2-1-3-5;1-2-3(4)5/h1-3,5H2;2H,1H2,(H,4,5). The van der Waals surface area contributed by atoms with Crippen LogP contribution in [-0.4, -0.2) is 23.5 Å². The molecule has 0 aromatic carbocycles. The predicted octanol–water partition coefficient (Wildman–Crippen LogP) is 0.831. The average Bonchev–Trinajstić information content (AvgIpc) is 1.91. The first kappa shape index (κ1) is 12.2.